The molecule has 0 atom stereocenters. The third kappa shape index (κ3) is 4.60. The van der Waals surface area contributed by atoms with Crippen LogP contribution in [-0.4, -0.2) is 62.3 Å². The van der Waals surface area contributed by atoms with Crippen LogP contribution in [0.3, 0.4) is 0 Å². The zero-order valence-electron chi connectivity index (χ0n) is 16.4. The molecule has 2 heterocycles. The molecule has 1 aliphatic heterocycles. The van der Waals surface area contributed by atoms with Gasteiger partial charge in [-0.2, -0.15) is 4.31 Å². The summed E-state index contributed by atoms with van der Waals surface area (Å²) in [6.45, 7) is 0.319. The fourth-order valence-corrected chi connectivity index (χ4v) is 5.70. The summed E-state index contributed by atoms with van der Waals surface area (Å²) in [6, 6.07) is 13.9. The standard InChI is InChI=1S/C21H19FN2O5S2/c22-16-6-7-18-15(12-16)13-19(30-18)21(26)29-14-20(25)23-8-10-24(11-9-23)31(27,28)17-4-2-1-3-5-17/h1-7,12-13H,8-11,14H2. The molecule has 0 aliphatic carbocycles. The second-order valence-electron chi connectivity index (χ2n) is 6.97. The number of benzene rings is 2. The number of hydrogen-bond donors (Lipinski definition) is 0. The predicted octanol–water partition coefficient (Wildman–Crippen LogP) is 2.73. The average Bonchev–Trinajstić information content (AvgIpc) is 3.21. The summed E-state index contributed by atoms with van der Waals surface area (Å²) >= 11 is 1.16. The molecule has 1 saturated heterocycles. The monoisotopic (exact) mass is 462 g/mol. The molecule has 0 N–H and O–H groups in total. The lowest BCUT2D eigenvalue weighted by molar-refractivity contribution is -0.135. The van der Waals surface area contributed by atoms with Gasteiger partial charge in [0, 0.05) is 30.9 Å². The van der Waals surface area contributed by atoms with Crippen LogP contribution in [0.2, 0.25) is 0 Å². The van der Waals surface area contributed by atoms with Crippen LogP contribution in [0.15, 0.2) is 59.5 Å². The van der Waals surface area contributed by atoms with Gasteiger partial charge in [0.15, 0.2) is 6.61 Å². The fraction of sp³-hybridized carbons (Fsp3) is 0.238. The second-order valence-corrected chi connectivity index (χ2v) is 9.99. The van der Waals surface area contributed by atoms with Gasteiger partial charge in [-0.25, -0.2) is 17.6 Å². The average molecular weight is 463 g/mol. The SMILES string of the molecule is O=C(OCC(=O)N1CCN(S(=O)(=O)c2ccccc2)CC1)c1cc2cc(F)ccc2s1. The Hall–Kier alpha value is -2.82. The van der Waals surface area contributed by atoms with E-state index in [1.165, 1.54) is 39.5 Å². The van der Waals surface area contributed by atoms with Crippen molar-refractivity contribution >= 4 is 43.3 Å². The van der Waals surface area contributed by atoms with E-state index in [0.29, 0.717) is 5.39 Å². The smallest absolute Gasteiger partial charge is 0.348 e. The number of esters is 1. The van der Waals surface area contributed by atoms with Crippen molar-refractivity contribution in [2.45, 2.75) is 4.90 Å². The summed E-state index contributed by atoms with van der Waals surface area (Å²) in [4.78, 5) is 26.7. The highest BCUT2D eigenvalue weighted by Gasteiger charge is 2.30. The van der Waals surface area contributed by atoms with Crippen LogP contribution in [0.25, 0.3) is 10.1 Å². The Kier molecular flexibility index (Phi) is 6.03. The molecule has 0 saturated carbocycles. The maximum Gasteiger partial charge on any atom is 0.348 e. The quantitative estimate of drug-likeness (QED) is 0.545. The number of fused-ring (bicyclic) bond motifs is 1. The molecule has 0 spiro atoms. The number of nitrogens with zero attached hydrogens (tertiary/aromatic N) is 2. The number of sulfonamides is 1. The maximum atomic E-state index is 13.3. The zero-order chi connectivity index (χ0) is 22.0. The molecule has 162 valence electrons. The Morgan fingerprint density at radius 2 is 1.71 bits per heavy atom. The number of thiophene rings is 1. The first-order valence-electron chi connectivity index (χ1n) is 9.54. The van der Waals surface area contributed by atoms with Crippen molar-refractivity contribution in [3.8, 4) is 0 Å². The molecule has 4 rings (SSSR count). The largest absolute Gasteiger partial charge is 0.451 e. The number of hydrogen-bond acceptors (Lipinski definition) is 6. The minimum atomic E-state index is -3.60. The van der Waals surface area contributed by atoms with E-state index in [2.05, 4.69) is 0 Å². The van der Waals surface area contributed by atoms with Gasteiger partial charge in [-0.05, 0) is 41.8 Å². The molecule has 1 amide bonds. The highest BCUT2D eigenvalue weighted by atomic mass is 32.2. The first-order chi connectivity index (χ1) is 14.8. The lowest BCUT2D eigenvalue weighted by Crippen LogP contribution is -2.51. The van der Waals surface area contributed by atoms with E-state index in [1.807, 2.05) is 0 Å². The summed E-state index contributed by atoms with van der Waals surface area (Å²) in [5, 5.41) is 0.596. The second kappa shape index (κ2) is 8.74. The van der Waals surface area contributed by atoms with E-state index in [4.69, 9.17) is 4.74 Å². The van der Waals surface area contributed by atoms with Crippen molar-refractivity contribution in [3.05, 3.63) is 65.3 Å². The number of carbonyl (C=O) groups is 2. The third-order valence-electron chi connectivity index (χ3n) is 4.98. The summed E-state index contributed by atoms with van der Waals surface area (Å²) < 4.78 is 45.8. The van der Waals surface area contributed by atoms with Crippen LogP contribution in [0.4, 0.5) is 4.39 Å². The summed E-state index contributed by atoms with van der Waals surface area (Å²) in [6.07, 6.45) is 0. The van der Waals surface area contributed by atoms with E-state index in [9.17, 15) is 22.4 Å². The molecule has 1 aromatic heterocycles. The van der Waals surface area contributed by atoms with E-state index in [-0.39, 0.29) is 36.0 Å². The van der Waals surface area contributed by atoms with E-state index in [0.717, 1.165) is 16.0 Å². The number of carbonyl (C=O) groups excluding carboxylic acids is 2. The topological polar surface area (TPSA) is 84.0 Å². The van der Waals surface area contributed by atoms with Crippen LogP contribution in [0.5, 0.6) is 0 Å². The van der Waals surface area contributed by atoms with Crippen molar-refractivity contribution in [2.75, 3.05) is 32.8 Å². The Labute approximate surface area is 182 Å². The molecule has 0 radical (unpaired) electrons. The van der Waals surface area contributed by atoms with Gasteiger partial charge < -0.3 is 9.64 Å². The van der Waals surface area contributed by atoms with E-state index >= 15 is 0 Å². The van der Waals surface area contributed by atoms with Gasteiger partial charge in [0.1, 0.15) is 10.7 Å². The minimum Gasteiger partial charge on any atom is -0.451 e. The Morgan fingerprint density at radius 1 is 1.00 bits per heavy atom. The normalized spacial score (nSPS) is 15.2. The van der Waals surface area contributed by atoms with Crippen molar-refractivity contribution < 1.29 is 27.1 Å². The molecule has 2 aromatic carbocycles. The molecule has 1 aliphatic rings. The lowest BCUT2D eigenvalue weighted by atomic mass is 10.2. The van der Waals surface area contributed by atoms with Crippen LogP contribution in [0, 0.1) is 5.82 Å². The summed E-state index contributed by atoms with van der Waals surface area (Å²) in [5.74, 6) is -1.44. The predicted molar refractivity (Wildman–Crippen MR) is 114 cm³/mol. The van der Waals surface area contributed by atoms with Gasteiger partial charge in [-0.1, -0.05) is 18.2 Å². The van der Waals surface area contributed by atoms with Crippen LogP contribution in [-0.2, 0) is 19.6 Å². The van der Waals surface area contributed by atoms with Crippen molar-refractivity contribution in [1.29, 1.82) is 0 Å². The number of amides is 1. The van der Waals surface area contributed by atoms with Gasteiger partial charge in [0.2, 0.25) is 10.0 Å². The van der Waals surface area contributed by atoms with Crippen LogP contribution >= 0.6 is 11.3 Å². The minimum absolute atomic E-state index is 0.165. The number of rotatable bonds is 5. The summed E-state index contributed by atoms with van der Waals surface area (Å²) in [5.41, 5.74) is 0. The Bertz CT molecular complexity index is 1220. The number of ether oxygens (including phenoxy) is 1. The Morgan fingerprint density at radius 3 is 2.42 bits per heavy atom. The van der Waals surface area contributed by atoms with Crippen molar-refractivity contribution in [2.24, 2.45) is 0 Å². The maximum absolute atomic E-state index is 13.3. The van der Waals surface area contributed by atoms with Gasteiger partial charge in [0.25, 0.3) is 5.91 Å². The highest BCUT2D eigenvalue weighted by molar-refractivity contribution is 7.89. The first-order valence-corrected chi connectivity index (χ1v) is 11.8. The lowest BCUT2D eigenvalue weighted by Gasteiger charge is -2.33. The molecule has 3 aromatic rings. The van der Waals surface area contributed by atoms with E-state index < -0.39 is 34.3 Å². The van der Waals surface area contributed by atoms with E-state index in [1.54, 1.807) is 24.3 Å². The van der Waals surface area contributed by atoms with Gasteiger partial charge in [-0.15, -0.1) is 11.3 Å². The molecule has 7 nitrogen and oxygen atoms in total. The molecule has 1 fully saturated rings. The van der Waals surface area contributed by atoms with Crippen LogP contribution in [0.1, 0.15) is 9.67 Å². The first kappa shape index (κ1) is 21.4. The van der Waals surface area contributed by atoms with Crippen LogP contribution < -0.4 is 0 Å². The molecule has 31 heavy (non-hydrogen) atoms. The van der Waals surface area contributed by atoms with Gasteiger partial charge >= 0.3 is 5.97 Å². The van der Waals surface area contributed by atoms with Crippen molar-refractivity contribution in [1.82, 2.24) is 9.21 Å². The third-order valence-corrected chi connectivity index (χ3v) is 7.99. The van der Waals surface area contributed by atoms with Crippen molar-refractivity contribution in [3.63, 3.8) is 0 Å². The van der Waals surface area contributed by atoms with Gasteiger partial charge in [0.05, 0.1) is 4.90 Å². The highest BCUT2D eigenvalue weighted by Crippen LogP contribution is 2.27. The Balaban J connectivity index is 1.31. The molecular formula is C21H19FN2O5S2. The number of piperazine rings is 1. The molecular weight excluding hydrogens is 443 g/mol. The fourth-order valence-electron chi connectivity index (χ4n) is 3.32. The molecule has 0 unspecified atom stereocenters. The van der Waals surface area contributed by atoms with Gasteiger partial charge in [-0.3, -0.25) is 4.79 Å². The summed E-state index contributed by atoms with van der Waals surface area (Å²) in [7, 11) is -3.60. The zero-order valence-corrected chi connectivity index (χ0v) is 18.0. The number of halogens is 1. The molecule has 10 heteroatoms. The molecule has 0 bridgehead atoms.